The average Bonchev–Trinajstić information content (AvgIpc) is 1.79. The van der Waals surface area contributed by atoms with E-state index in [1.165, 1.54) is 6.42 Å². The minimum Gasteiger partial charge on any atom is -0.156 e. The highest BCUT2D eigenvalue weighted by molar-refractivity contribution is 8.00. The molecule has 0 rings (SSSR count). The molecule has 0 aromatic carbocycles. The van der Waals surface area contributed by atoms with E-state index < -0.39 is 0 Å². The lowest BCUT2D eigenvalue weighted by Crippen LogP contribution is -1.94. The third-order valence-electron chi connectivity index (χ3n) is 1.49. The van der Waals surface area contributed by atoms with Gasteiger partial charge in [0, 0.05) is 0 Å². The fourth-order valence-corrected chi connectivity index (χ4v) is 2.58. The Kier molecular flexibility index (Phi) is 11.8. The van der Waals surface area contributed by atoms with Crippen LogP contribution in [0.1, 0.15) is 61.8 Å². The van der Waals surface area contributed by atoms with Crippen molar-refractivity contribution in [3.8, 4) is 0 Å². The first-order valence-corrected chi connectivity index (χ1v) is 6.85. The minimum atomic E-state index is 0.792. The summed E-state index contributed by atoms with van der Waals surface area (Å²) >= 11 is 2.01. The molecule has 0 aliphatic carbocycles. The van der Waals surface area contributed by atoms with Crippen molar-refractivity contribution in [1.29, 1.82) is 0 Å². The molecule has 0 saturated heterocycles. The van der Waals surface area contributed by atoms with E-state index in [2.05, 4.69) is 55.4 Å². The first kappa shape index (κ1) is 16.8. The quantitative estimate of drug-likeness (QED) is 0.623. The molecular weight excluding hydrogens is 188 g/mol. The summed E-state index contributed by atoms with van der Waals surface area (Å²) in [5.41, 5.74) is 0. The maximum Gasteiger partial charge on any atom is -0.000711 e. The van der Waals surface area contributed by atoms with Gasteiger partial charge in [-0.2, -0.15) is 11.8 Å². The lowest BCUT2D eigenvalue weighted by molar-refractivity contribution is 0.469. The van der Waals surface area contributed by atoms with Gasteiger partial charge in [0.05, 0.1) is 0 Å². The first-order valence-electron chi connectivity index (χ1n) is 5.91. The van der Waals surface area contributed by atoms with Crippen LogP contribution >= 0.6 is 11.8 Å². The van der Waals surface area contributed by atoms with Crippen LogP contribution in [-0.4, -0.2) is 10.5 Å². The molecule has 0 aromatic rings. The summed E-state index contributed by atoms with van der Waals surface area (Å²) in [7, 11) is 0. The van der Waals surface area contributed by atoms with Crippen molar-refractivity contribution < 1.29 is 0 Å². The second-order valence-electron chi connectivity index (χ2n) is 5.26. The molecule has 0 radical (unpaired) electrons. The van der Waals surface area contributed by atoms with Gasteiger partial charge in [0.15, 0.2) is 0 Å². The molecule has 0 spiro atoms. The van der Waals surface area contributed by atoms with Crippen LogP contribution in [0, 0.1) is 11.8 Å². The zero-order valence-electron chi connectivity index (χ0n) is 11.4. The molecule has 0 saturated carbocycles. The molecule has 0 bridgehead atoms. The Labute approximate surface area is 96.2 Å². The summed E-state index contributed by atoms with van der Waals surface area (Å²) < 4.78 is 0. The molecule has 0 aliphatic rings. The van der Waals surface area contributed by atoms with Crippen molar-refractivity contribution in [2.45, 2.75) is 72.3 Å². The molecule has 0 amide bonds. The second kappa shape index (κ2) is 9.89. The van der Waals surface area contributed by atoms with Gasteiger partial charge in [0.2, 0.25) is 0 Å². The monoisotopic (exact) mass is 218 g/mol. The highest BCUT2D eigenvalue weighted by Crippen LogP contribution is 2.14. The lowest BCUT2D eigenvalue weighted by atomic mass is 10.0. The fourth-order valence-electron chi connectivity index (χ4n) is 1.49. The standard InChI is InChI=1S/C7H16.C6H14S/c1-6(2)5-7(3)4;1-5(2)7-6(3)4/h6-7H,5H2,1-4H3;5-6H,1-4H3. The molecule has 0 N–H and O–H groups in total. The SMILES string of the molecule is CC(C)CC(C)C.CC(C)SC(C)C. The highest BCUT2D eigenvalue weighted by Gasteiger charge is 1.96. The number of rotatable bonds is 4. The van der Waals surface area contributed by atoms with Crippen LogP contribution in [0.25, 0.3) is 0 Å². The van der Waals surface area contributed by atoms with Crippen LogP contribution < -0.4 is 0 Å². The summed E-state index contributed by atoms with van der Waals surface area (Å²) in [5.74, 6) is 1.75. The van der Waals surface area contributed by atoms with Crippen LogP contribution in [0.2, 0.25) is 0 Å². The average molecular weight is 218 g/mol. The Balaban J connectivity index is 0. The molecule has 14 heavy (non-hydrogen) atoms. The molecule has 0 fully saturated rings. The van der Waals surface area contributed by atoms with Crippen LogP contribution in [0.5, 0.6) is 0 Å². The van der Waals surface area contributed by atoms with E-state index in [-0.39, 0.29) is 0 Å². The molecule has 0 atom stereocenters. The smallest absolute Gasteiger partial charge is 0.000711 e. The zero-order valence-corrected chi connectivity index (χ0v) is 12.2. The Bertz CT molecular complexity index is 77.8. The Morgan fingerprint density at radius 3 is 0.929 bits per heavy atom. The number of thioether (sulfide) groups is 1. The summed E-state index contributed by atoms with van der Waals surface area (Å²) in [5, 5.41) is 1.58. The topological polar surface area (TPSA) is 0 Å². The molecule has 0 nitrogen and oxygen atoms in total. The molecule has 0 aliphatic heterocycles. The molecule has 1 heteroatoms. The predicted molar refractivity (Wildman–Crippen MR) is 72.2 cm³/mol. The van der Waals surface area contributed by atoms with Gasteiger partial charge < -0.3 is 0 Å². The van der Waals surface area contributed by atoms with E-state index >= 15 is 0 Å². The van der Waals surface area contributed by atoms with Gasteiger partial charge in [-0.05, 0) is 28.8 Å². The fraction of sp³-hybridized carbons (Fsp3) is 1.00. The summed E-state index contributed by atoms with van der Waals surface area (Å²) in [6, 6.07) is 0. The summed E-state index contributed by atoms with van der Waals surface area (Å²) in [6.45, 7) is 18.0. The van der Waals surface area contributed by atoms with Crippen LogP contribution in [0.3, 0.4) is 0 Å². The van der Waals surface area contributed by atoms with Crippen molar-refractivity contribution in [3.63, 3.8) is 0 Å². The predicted octanol–water partition coefficient (Wildman–Crippen LogP) is 5.22. The normalized spacial score (nSPS) is 11.1. The summed E-state index contributed by atoms with van der Waals surface area (Å²) in [6.07, 6.45) is 1.36. The van der Waals surface area contributed by atoms with Crippen molar-refractivity contribution in [2.24, 2.45) is 11.8 Å². The minimum absolute atomic E-state index is 0.792. The lowest BCUT2D eigenvalue weighted by Gasteiger charge is -2.05. The van der Waals surface area contributed by atoms with E-state index in [0.29, 0.717) is 0 Å². The van der Waals surface area contributed by atoms with Gasteiger partial charge in [-0.1, -0.05) is 55.4 Å². The Hall–Kier alpha value is 0.350. The van der Waals surface area contributed by atoms with Crippen LogP contribution in [-0.2, 0) is 0 Å². The van der Waals surface area contributed by atoms with E-state index in [1.807, 2.05) is 11.8 Å². The second-order valence-corrected chi connectivity index (χ2v) is 7.41. The zero-order chi connectivity index (χ0) is 11.7. The van der Waals surface area contributed by atoms with Crippen molar-refractivity contribution in [2.75, 3.05) is 0 Å². The van der Waals surface area contributed by atoms with Gasteiger partial charge in [-0.15, -0.1) is 0 Å². The first-order chi connectivity index (χ1) is 6.25. The molecular formula is C13H30S. The van der Waals surface area contributed by atoms with E-state index in [1.54, 1.807) is 0 Å². The van der Waals surface area contributed by atoms with Gasteiger partial charge in [0.1, 0.15) is 0 Å². The van der Waals surface area contributed by atoms with Gasteiger partial charge in [0.25, 0.3) is 0 Å². The Morgan fingerprint density at radius 1 is 0.643 bits per heavy atom. The van der Waals surface area contributed by atoms with Crippen LogP contribution in [0.4, 0.5) is 0 Å². The molecule has 0 unspecified atom stereocenters. The third kappa shape index (κ3) is 22.8. The molecule has 0 heterocycles. The van der Waals surface area contributed by atoms with E-state index in [0.717, 1.165) is 22.3 Å². The maximum atomic E-state index is 2.26. The van der Waals surface area contributed by atoms with Gasteiger partial charge in [-0.3, -0.25) is 0 Å². The van der Waals surface area contributed by atoms with Crippen LogP contribution in [0.15, 0.2) is 0 Å². The van der Waals surface area contributed by atoms with Crippen molar-refractivity contribution >= 4 is 11.8 Å². The number of hydrogen-bond acceptors (Lipinski definition) is 1. The Morgan fingerprint density at radius 2 is 0.929 bits per heavy atom. The van der Waals surface area contributed by atoms with Gasteiger partial charge >= 0.3 is 0 Å². The van der Waals surface area contributed by atoms with Gasteiger partial charge in [-0.25, -0.2) is 0 Å². The van der Waals surface area contributed by atoms with Crippen molar-refractivity contribution in [3.05, 3.63) is 0 Å². The maximum absolute atomic E-state index is 2.26. The van der Waals surface area contributed by atoms with E-state index in [4.69, 9.17) is 0 Å². The molecule has 0 aromatic heterocycles. The third-order valence-corrected chi connectivity index (χ3v) is 2.58. The largest absolute Gasteiger partial charge is 0.156 e. The van der Waals surface area contributed by atoms with E-state index in [9.17, 15) is 0 Å². The summed E-state index contributed by atoms with van der Waals surface area (Å²) in [4.78, 5) is 0. The van der Waals surface area contributed by atoms with Crippen molar-refractivity contribution in [1.82, 2.24) is 0 Å². The number of hydrogen-bond donors (Lipinski definition) is 0. The highest BCUT2D eigenvalue weighted by atomic mass is 32.2. The molecule has 88 valence electrons.